The molecule has 4 nitrogen and oxygen atoms in total. The highest BCUT2D eigenvalue weighted by atomic mass is 31.2. The molecule has 0 aliphatic carbocycles. The van der Waals surface area contributed by atoms with Gasteiger partial charge in [-0.3, -0.25) is 4.90 Å². The highest BCUT2D eigenvalue weighted by molar-refractivity contribution is 7.81. The van der Waals surface area contributed by atoms with Crippen LogP contribution in [0.2, 0.25) is 19.6 Å². The van der Waals surface area contributed by atoms with Gasteiger partial charge in [-0.15, -0.1) is 0 Å². The molecule has 0 bridgehead atoms. The van der Waals surface area contributed by atoms with Crippen LogP contribution in [0.3, 0.4) is 0 Å². The van der Waals surface area contributed by atoms with Crippen molar-refractivity contribution in [3.63, 3.8) is 0 Å². The molecule has 0 fully saturated rings. The van der Waals surface area contributed by atoms with Gasteiger partial charge in [0.05, 0.1) is 13.5 Å². The lowest BCUT2D eigenvalue weighted by Gasteiger charge is -2.44. The third-order valence-corrected chi connectivity index (χ3v) is 13.9. The van der Waals surface area contributed by atoms with Crippen LogP contribution in [0, 0.1) is 0 Å². The van der Waals surface area contributed by atoms with Crippen molar-refractivity contribution in [2.45, 2.75) is 58.0 Å². The van der Waals surface area contributed by atoms with E-state index >= 15 is 4.57 Å². The van der Waals surface area contributed by atoms with E-state index in [0.29, 0.717) is 6.54 Å². The molecule has 180 valence electrons. The van der Waals surface area contributed by atoms with Crippen molar-refractivity contribution in [2.24, 2.45) is 0 Å². The highest BCUT2D eigenvalue weighted by Crippen LogP contribution is 2.53. The second-order valence-electron chi connectivity index (χ2n) is 10.7. The molecule has 34 heavy (non-hydrogen) atoms. The summed E-state index contributed by atoms with van der Waals surface area (Å²) in [6.07, 6.45) is -0.434. The lowest BCUT2D eigenvalue weighted by atomic mass is 10.2. The molecule has 3 aromatic carbocycles. The van der Waals surface area contributed by atoms with Crippen LogP contribution in [0.15, 0.2) is 91.0 Å². The fourth-order valence-corrected chi connectivity index (χ4v) is 13.3. The second-order valence-corrected chi connectivity index (χ2v) is 19.3. The molecule has 0 saturated carbocycles. The van der Waals surface area contributed by atoms with Crippen molar-refractivity contribution in [3.8, 4) is 0 Å². The summed E-state index contributed by atoms with van der Waals surface area (Å²) >= 11 is 0. The van der Waals surface area contributed by atoms with Crippen molar-refractivity contribution in [1.82, 2.24) is 4.90 Å². The van der Waals surface area contributed by atoms with Crippen LogP contribution in [-0.2, 0) is 15.8 Å². The van der Waals surface area contributed by atoms with Gasteiger partial charge in [0, 0.05) is 17.2 Å². The lowest BCUT2D eigenvalue weighted by Crippen LogP contribution is -2.56. The SMILES string of the molecule is CC(C)(C)OC(=O)N(Cc1ccccc1)C([Si](C)(C)C)P(=O)(c1ccccc1)c1ccccc1. The first-order valence-corrected chi connectivity index (χ1v) is 17.0. The zero-order chi connectivity index (χ0) is 25.0. The molecule has 3 aromatic rings. The number of benzene rings is 3. The predicted molar refractivity (Wildman–Crippen MR) is 145 cm³/mol. The van der Waals surface area contributed by atoms with Crippen LogP contribution in [0.1, 0.15) is 26.3 Å². The molecule has 0 spiro atoms. The van der Waals surface area contributed by atoms with Crippen LogP contribution >= 0.6 is 7.14 Å². The quantitative estimate of drug-likeness (QED) is 0.274. The number of ether oxygens (including phenoxy) is 1. The van der Waals surface area contributed by atoms with Gasteiger partial charge < -0.3 is 9.30 Å². The van der Waals surface area contributed by atoms with E-state index in [9.17, 15) is 4.79 Å². The molecule has 0 saturated heterocycles. The summed E-state index contributed by atoms with van der Waals surface area (Å²) in [5.41, 5.74) is 0.309. The van der Waals surface area contributed by atoms with Crippen molar-refractivity contribution in [1.29, 1.82) is 0 Å². The number of nitrogens with zero attached hydrogens (tertiary/aromatic N) is 1. The van der Waals surface area contributed by atoms with E-state index in [1.807, 2.05) is 112 Å². The smallest absolute Gasteiger partial charge is 0.411 e. The molecule has 0 heterocycles. The Kier molecular flexibility index (Phi) is 7.90. The summed E-state index contributed by atoms with van der Waals surface area (Å²) in [7, 11) is -5.56. The van der Waals surface area contributed by atoms with Gasteiger partial charge in [-0.1, -0.05) is 111 Å². The molecular formula is C28H36NO3PSi. The summed E-state index contributed by atoms with van der Waals surface area (Å²) in [5.74, 6) is 0. The fraction of sp³-hybridized carbons (Fsp3) is 0.321. The van der Waals surface area contributed by atoms with Crippen molar-refractivity contribution in [2.75, 3.05) is 0 Å². The number of carbonyl (C=O) groups is 1. The molecule has 3 rings (SSSR count). The largest absolute Gasteiger partial charge is 0.444 e. The van der Waals surface area contributed by atoms with E-state index in [4.69, 9.17) is 4.74 Å². The minimum atomic E-state index is -3.28. The summed E-state index contributed by atoms with van der Waals surface area (Å²) in [5, 5.41) is 1.02. The predicted octanol–water partition coefficient (Wildman–Crippen LogP) is 6.64. The van der Waals surface area contributed by atoms with Crippen LogP contribution in [0.4, 0.5) is 4.79 Å². The Morgan fingerprint density at radius 1 is 0.824 bits per heavy atom. The highest BCUT2D eigenvalue weighted by Gasteiger charge is 2.50. The van der Waals surface area contributed by atoms with Gasteiger partial charge in [0.2, 0.25) is 0 Å². The van der Waals surface area contributed by atoms with Gasteiger partial charge in [-0.2, -0.15) is 0 Å². The maximum absolute atomic E-state index is 15.5. The molecule has 0 aliphatic heterocycles. The van der Waals surface area contributed by atoms with E-state index in [2.05, 4.69) is 19.6 Å². The first kappa shape index (κ1) is 26.0. The topological polar surface area (TPSA) is 46.6 Å². The van der Waals surface area contributed by atoms with Crippen molar-refractivity contribution in [3.05, 3.63) is 96.6 Å². The Labute approximate surface area is 205 Å². The zero-order valence-electron chi connectivity index (χ0n) is 21.1. The molecule has 1 atom stereocenters. The van der Waals surface area contributed by atoms with Crippen molar-refractivity contribution < 1.29 is 14.1 Å². The first-order chi connectivity index (χ1) is 15.9. The fourth-order valence-electron chi connectivity index (χ4n) is 4.29. The average Bonchev–Trinajstić information content (AvgIpc) is 2.78. The number of rotatable bonds is 7. The summed E-state index contributed by atoms with van der Waals surface area (Å²) < 4.78 is 21.4. The molecule has 1 amide bonds. The number of hydrogen-bond acceptors (Lipinski definition) is 3. The summed E-state index contributed by atoms with van der Waals surface area (Å²) in [6, 6.07) is 29.1. The van der Waals surface area contributed by atoms with Gasteiger partial charge in [-0.05, 0) is 26.3 Å². The number of amides is 1. The molecule has 0 N–H and O–H groups in total. The Hall–Kier alpha value is -2.62. The van der Waals surface area contributed by atoms with Gasteiger partial charge in [0.25, 0.3) is 0 Å². The first-order valence-electron chi connectivity index (χ1n) is 11.7. The van der Waals surface area contributed by atoms with E-state index < -0.39 is 32.3 Å². The molecule has 6 heteroatoms. The lowest BCUT2D eigenvalue weighted by molar-refractivity contribution is 0.0241. The normalized spacial score (nSPS) is 13.2. The van der Waals surface area contributed by atoms with Crippen LogP contribution < -0.4 is 10.6 Å². The van der Waals surface area contributed by atoms with Gasteiger partial charge in [-0.25, -0.2) is 4.79 Å². The molecule has 0 radical (unpaired) electrons. The second kappa shape index (κ2) is 10.3. The standard InChI is InChI=1S/C28H36NO3PSi/c1-28(2,3)32-26(30)29(22-23-16-10-7-11-17-23)27(34(4,5)6)33(31,24-18-12-8-13-19-24)25-20-14-9-15-21-25/h7-21,27H,22H2,1-6H3. The van der Waals surface area contributed by atoms with Gasteiger partial charge in [0.15, 0.2) is 7.14 Å². The summed E-state index contributed by atoms with van der Waals surface area (Å²) in [6.45, 7) is 12.5. The minimum Gasteiger partial charge on any atom is -0.444 e. The van der Waals surface area contributed by atoms with Crippen LogP contribution in [0.25, 0.3) is 0 Å². The Morgan fingerprint density at radius 2 is 1.24 bits per heavy atom. The van der Waals surface area contributed by atoms with E-state index in [1.54, 1.807) is 4.90 Å². The van der Waals surface area contributed by atoms with E-state index in [-0.39, 0.29) is 0 Å². The van der Waals surface area contributed by atoms with E-state index in [0.717, 1.165) is 16.2 Å². The zero-order valence-corrected chi connectivity index (χ0v) is 23.0. The Bertz CT molecular complexity index is 1080. The third-order valence-electron chi connectivity index (χ3n) is 5.52. The van der Waals surface area contributed by atoms with Crippen LogP contribution in [-0.4, -0.2) is 30.1 Å². The Balaban J connectivity index is 2.27. The maximum atomic E-state index is 15.5. The molecule has 0 aromatic heterocycles. The molecule has 1 unspecified atom stereocenters. The Morgan fingerprint density at radius 3 is 1.62 bits per heavy atom. The number of hydrogen-bond donors (Lipinski definition) is 0. The summed E-state index contributed by atoms with van der Waals surface area (Å²) in [4.78, 5) is 15.5. The van der Waals surface area contributed by atoms with Crippen molar-refractivity contribution >= 4 is 31.9 Å². The van der Waals surface area contributed by atoms with Crippen LogP contribution in [0.5, 0.6) is 0 Å². The molecular weight excluding hydrogens is 457 g/mol. The third kappa shape index (κ3) is 6.08. The average molecular weight is 494 g/mol. The molecule has 0 aliphatic rings. The number of carbonyl (C=O) groups excluding carboxylic acids is 1. The van der Waals surface area contributed by atoms with E-state index in [1.165, 1.54) is 0 Å². The maximum Gasteiger partial charge on any atom is 0.411 e. The minimum absolute atomic E-state index is 0.328. The van der Waals surface area contributed by atoms with Gasteiger partial charge in [0.1, 0.15) is 5.60 Å². The van der Waals surface area contributed by atoms with Gasteiger partial charge >= 0.3 is 6.09 Å². The monoisotopic (exact) mass is 493 g/mol.